The van der Waals surface area contributed by atoms with Gasteiger partial charge in [-0.2, -0.15) is 5.06 Å². The smallest absolute Gasteiger partial charge is 0.220 e. The third kappa shape index (κ3) is 7.29. The second-order valence-electron chi connectivity index (χ2n) is 7.95. The minimum absolute atomic E-state index is 0.0907. The standard InChI is InChI=1S/C18H35NO2S2/c1-6-7-8-9-10-11-12-23-16(22)21-15-13-17(2,3)19(20)18(4,5)14-15/h15,20H,6-14H2,1-5H3. The molecule has 5 heteroatoms. The maximum atomic E-state index is 10.3. The molecule has 0 unspecified atom stereocenters. The summed E-state index contributed by atoms with van der Waals surface area (Å²) in [6.07, 6.45) is 9.52. The molecule has 0 atom stereocenters. The Morgan fingerprint density at radius 3 is 2.17 bits per heavy atom. The number of hydrogen-bond donors (Lipinski definition) is 1. The van der Waals surface area contributed by atoms with Crippen molar-refractivity contribution in [2.24, 2.45) is 0 Å². The Balaban J connectivity index is 2.26. The topological polar surface area (TPSA) is 32.7 Å². The molecule has 1 N–H and O–H groups in total. The molecule has 0 saturated carbocycles. The van der Waals surface area contributed by atoms with E-state index in [1.54, 1.807) is 11.8 Å². The summed E-state index contributed by atoms with van der Waals surface area (Å²) in [6, 6.07) is 0. The van der Waals surface area contributed by atoms with Gasteiger partial charge in [0.1, 0.15) is 6.10 Å². The second-order valence-corrected chi connectivity index (χ2v) is 9.65. The van der Waals surface area contributed by atoms with Gasteiger partial charge in [0.05, 0.1) is 0 Å². The third-order valence-corrected chi connectivity index (χ3v) is 5.86. The molecule has 1 saturated heterocycles. The van der Waals surface area contributed by atoms with Gasteiger partial charge < -0.3 is 9.94 Å². The van der Waals surface area contributed by atoms with Crippen LogP contribution in [0.3, 0.4) is 0 Å². The minimum atomic E-state index is -0.286. The molecule has 1 aliphatic heterocycles. The van der Waals surface area contributed by atoms with Crippen LogP contribution in [0.15, 0.2) is 0 Å². The van der Waals surface area contributed by atoms with Gasteiger partial charge in [0.25, 0.3) is 0 Å². The molecule has 0 amide bonds. The molecule has 0 spiro atoms. The lowest BCUT2D eigenvalue weighted by molar-refractivity contribution is -0.255. The maximum Gasteiger partial charge on any atom is 0.220 e. The van der Waals surface area contributed by atoms with Gasteiger partial charge in [-0.1, -0.05) is 50.8 Å². The average Bonchev–Trinajstić information content (AvgIpc) is 2.43. The Bertz CT molecular complexity index is 354. The Kier molecular flexibility index (Phi) is 8.84. The summed E-state index contributed by atoms with van der Waals surface area (Å²) >= 11 is 7.07. The van der Waals surface area contributed by atoms with Crippen LogP contribution >= 0.6 is 24.0 Å². The quantitative estimate of drug-likeness (QED) is 0.437. The first-order chi connectivity index (χ1) is 10.7. The number of rotatable bonds is 8. The van der Waals surface area contributed by atoms with E-state index in [1.165, 1.54) is 43.6 Å². The van der Waals surface area contributed by atoms with Crippen molar-refractivity contribution in [3.8, 4) is 0 Å². The minimum Gasteiger partial charge on any atom is -0.475 e. The van der Waals surface area contributed by atoms with Gasteiger partial charge in [-0.05, 0) is 46.3 Å². The van der Waals surface area contributed by atoms with Crippen molar-refractivity contribution in [2.45, 2.75) is 103 Å². The molecular formula is C18H35NO2S2. The van der Waals surface area contributed by atoms with E-state index in [2.05, 4.69) is 34.6 Å². The fraction of sp³-hybridized carbons (Fsp3) is 0.944. The van der Waals surface area contributed by atoms with E-state index in [0.717, 1.165) is 18.6 Å². The Morgan fingerprint density at radius 1 is 1.09 bits per heavy atom. The number of ether oxygens (including phenoxy) is 1. The van der Waals surface area contributed by atoms with Crippen LogP contribution in [0.5, 0.6) is 0 Å². The van der Waals surface area contributed by atoms with Crippen LogP contribution in [-0.2, 0) is 4.74 Å². The molecule has 0 aromatic carbocycles. The lowest BCUT2D eigenvalue weighted by Gasteiger charge is -2.51. The normalized spacial score (nSPS) is 21.3. The van der Waals surface area contributed by atoms with Crippen LogP contribution in [0.25, 0.3) is 0 Å². The highest BCUT2D eigenvalue weighted by Crippen LogP contribution is 2.38. The molecule has 1 rings (SSSR count). The van der Waals surface area contributed by atoms with Gasteiger partial charge in [0.15, 0.2) is 0 Å². The van der Waals surface area contributed by atoms with Gasteiger partial charge in [0, 0.05) is 29.7 Å². The molecule has 1 heterocycles. The van der Waals surface area contributed by atoms with Crippen molar-refractivity contribution in [1.29, 1.82) is 0 Å². The fourth-order valence-electron chi connectivity index (χ4n) is 3.47. The van der Waals surface area contributed by atoms with Crippen LogP contribution in [-0.4, -0.2) is 37.6 Å². The number of thioether (sulfide) groups is 1. The Labute approximate surface area is 152 Å². The highest BCUT2D eigenvalue weighted by atomic mass is 32.2. The number of hydroxylamine groups is 2. The van der Waals surface area contributed by atoms with E-state index in [-0.39, 0.29) is 17.2 Å². The van der Waals surface area contributed by atoms with Crippen molar-refractivity contribution in [3.63, 3.8) is 0 Å². The molecule has 0 aromatic heterocycles. The predicted octanol–water partition coefficient (Wildman–Crippen LogP) is 5.79. The van der Waals surface area contributed by atoms with Crippen LogP contribution in [0.4, 0.5) is 0 Å². The zero-order chi connectivity index (χ0) is 17.5. The third-order valence-electron chi connectivity index (χ3n) is 4.58. The van der Waals surface area contributed by atoms with Crippen molar-refractivity contribution >= 4 is 28.4 Å². The van der Waals surface area contributed by atoms with Crippen LogP contribution in [0, 0.1) is 0 Å². The van der Waals surface area contributed by atoms with Crippen molar-refractivity contribution < 1.29 is 9.94 Å². The first kappa shape index (κ1) is 21.2. The Hall–Kier alpha value is 0.160. The van der Waals surface area contributed by atoms with E-state index in [9.17, 15) is 5.21 Å². The summed E-state index contributed by atoms with van der Waals surface area (Å²) in [6.45, 7) is 10.5. The van der Waals surface area contributed by atoms with Gasteiger partial charge in [0.2, 0.25) is 4.38 Å². The van der Waals surface area contributed by atoms with Crippen LogP contribution in [0.2, 0.25) is 0 Å². The number of piperidine rings is 1. The van der Waals surface area contributed by atoms with E-state index >= 15 is 0 Å². The molecule has 23 heavy (non-hydrogen) atoms. The fourth-order valence-corrected chi connectivity index (χ4v) is 4.58. The molecule has 0 bridgehead atoms. The molecular weight excluding hydrogens is 326 g/mol. The van der Waals surface area contributed by atoms with E-state index < -0.39 is 0 Å². The monoisotopic (exact) mass is 361 g/mol. The largest absolute Gasteiger partial charge is 0.475 e. The average molecular weight is 362 g/mol. The van der Waals surface area contributed by atoms with Crippen molar-refractivity contribution in [2.75, 3.05) is 5.75 Å². The van der Waals surface area contributed by atoms with E-state index in [1.807, 2.05) is 0 Å². The Morgan fingerprint density at radius 2 is 1.61 bits per heavy atom. The molecule has 0 aromatic rings. The molecule has 1 fully saturated rings. The molecule has 3 nitrogen and oxygen atoms in total. The summed E-state index contributed by atoms with van der Waals surface area (Å²) in [7, 11) is 0. The lowest BCUT2D eigenvalue weighted by Crippen LogP contribution is -2.60. The molecule has 1 aliphatic rings. The second kappa shape index (κ2) is 9.59. The van der Waals surface area contributed by atoms with Gasteiger partial charge in [-0.3, -0.25) is 0 Å². The summed E-state index contributed by atoms with van der Waals surface area (Å²) in [5.41, 5.74) is -0.571. The number of nitrogens with zero attached hydrogens (tertiary/aromatic N) is 1. The summed E-state index contributed by atoms with van der Waals surface area (Å²) < 4.78 is 6.68. The first-order valence-electron chi connectivity index (χ1n) is 9.01. The predicted molar refractivity (Wildman–Crippen MR) is 104 cm³/mol. The molecule has 0 aliphatic carbocycles. The number of hydrogen-bond acceptors (Lipinski definition) is 5. The van der Waals surface area contributed by atoms with Crippen molar-refractivity contribution in [1.82, 2.24) is 5.06 Å². The highest BCUT2D eigenvalue weighted by molar-refractivity contribution is 8.22. The first-order valence-corrected chi connectivity index (χ1v) is 10.4. The van der Waals surface area contributed by atoms with Gasteiger partial charge in [-0.25, -0.2) is 0 Å². The zero-order valence-corrected chi connectivity index (χ0v) is 17.2. The zero-order valence-electron chi connectivity index (χ0n) is 15.6. The lowest BCUT2D eigenvalue weighted by atomic mass is 9.80. The van der Waals surface area contributed by atoms with Crippen LogP contribution < -0.4 is 0 Å². The van der Waals surface area contributed by atoms with Gasteiger partial charge in [-0.15, -0.1) is 0 Å². The molecule has 0 radical (unpaired) electrons. The highest BCUT2D eigenvalue weighted by Gasteiger charge is 2.46. The molecule has 136 valence electrons. The summed E-state index contributed by atoms with van der Waals surface area (Å²) in [5, 5.41) is 11.8. The number of unbranched alkanes of at least 4 members (excludes halogenated alkanes) is 5. The van der Waals surface area contributed by atoms with Gasteiger partial charge >= 0.3 is 0 Å². The van der Waals surface area contributed by atoms with E-state index in [0.29, 0.717) is 4.38 Å². The SMILES string of the molecule is CCCCCCCCSC(=S)OC1CC(C)(C)N(O)C(C)(C)C1. The van der Waals surface area contributed by atoms with Crippen molar-refractivity contribution in [3.05, 3.63) is 0 Å². The summed E-state index contributed by atoms with van der Waals surface area (Å²) in [5.74, 6) is 1.05. The van der Waals surface area contributed by atoms with Crippen LogP contribution in [0.1, 0.15) is 86.0 Å². The number of thiocarbonyl (C=S) groups is 1. The summed E-state index contributed by atoms with van der Waals surface area (Å²) in [4.78, 5) is 0. The maximum absolute atomic E-state index is 10.3. The van der Waals surface area contributed by atoms with E-state index in [4.69, 9.17) is 17.0 Å².